The van der Waals surface area contributed by atoms with Crippen molar-refractivity contribution in [3.8, 4) is 0 Å². The molecule has 3 nitrogen and oxygen atoms in total. The third-order valence-corrected chi connectivity index (χ3v) is 4.74. The Morgan fingerprint density at radius 2 is 1.95 bits per heavy atom. The zero-order chi connectivity index (χ0) is 14.0. The molecule has 1 aromatic rings. The smallest absolute Gasteiger partial charge is 0.303 e. The van der Waals surface area contributed by atoms with E-state index in [1.54, 1.807) is 0 Å². The van der Waals surface area contributed by atoms with Crippen LogP contribution in [-0.4, -0.2) is 25.6 Å². The first kappa shape index (κ1) is 14.1. The van der Waals surface area contributed by atoms with Gasteiger partial charge in [-0.2, -0.15) is 0 Å². The molecule has 104 valence electrons. The van der Waals surface area contributed by atoms with Crippen LogP contribution in [0.4, 0.5) is 0 Å². The van der Waals surface area contributed by atoms with E-state index in [-0.39, 0.29) is 5.97 Å². The summed E-state index contributed by atoms with van der Waals surface area (Å²) in [4.78, 5) is 13.1. The van der Waals surface area contributed by atoms with Gasteiger partial charge in [0.25, 0.3) is 0 Å². The van der Waals surface area contributed by atoms with Gasteiger partial charge in [-0.25, -0.2) is 0 Å². The number of quaternary nitrogens is 1. The van der Waals surface area contributed by atoms with Crippen LogP contribution in [0.15, 0.2) is 30.3 Å². The van der Waals surface area contributed by atoms with E-state index in [0.29, 0.717) is 12.0 Å². The van der Waals surface area contributed by atoms with Gasteiger partial charge in [-0.05, 0) is 12.5 Å². The molecule has 1 aromatic carbocycles. The van der Waals surface area contributed by atoms with Gasteiger partial charge in [0.2, 0.25) is 0 Å². The molecule has 0 amide bonds. The number of piperidine rings is 1. The highest BCUT2D eigenvalue weighted by atomic mass is 16.6. The van der Waals surface area contributed by atoms with E-state index in [1.165, 1.54) is 11.8 Å². The van der Waals surface area contributed by atoms with Crippen molar-refractivity contribution in [2.24, 2.45) is 5.92 Å². The van der Waals surface area contributed by atoms with Crippen LogP contribution in [0.25, 0.3) is 0 Å². The van der Waals surface area contributed by atoms with Gasteiger partial charge in [0, 0.05) is 13.3 Å². The molecule has 0 radical (unpaired) electrons. The Kier molecular flexibility index (Phi) is 3.95. The van der Waals surface area contributed by atoms with Gasteiger partial charge in [0.1, 0.15) is 0 Å². The lowest BCUT2D eigenvalue weighted by Crippen LogP contribution is -3.15. The van der Waals surface area contributed by atoms with Crippen molar-refractivity contribution in [3.63, 3.8) is 0 Å². The Hall–Kier alpha value is -1.35. The van der Waals surface area contributed by atoms with Gasteiger partial charge in [-0.3, -0.25) is 4.79 Å². The van der Waals surface area contributed by atoms with Crippen molar-refractivity contribution in [3.05, 3.63) is 35.9 Å². The molecular weight excluding hydrogens is 238 g/mol. The van der Waals surface area contributed by atoms with Crippen molar-refractivity contribution in [2.75, 3.05) is 13.6 Å². The van der Waals surface area contributed by atoms with E-state index in [4.69, 9.17) is 4.74 Å². The van der Waals surface area contributed by atoms with Crippen molar-refractivity contribution in [1.82, 2.24) is 0 Å². The van der Waals surface area contributed by atoms with Crippen LogP contribution in [0.5, 0.6) is 0 Å². The number of benzene rings is 1. The van der Waals surface area contributed by atoms with E-state index < -0.39 is 5.60 Å². The number of likely N-dealkylation sites (tertiary alicyclic amines) is 1. The highest BCUT2D eigenvalue weighted by molar-refractivity contribution is 5.67. The molecule has 1 N–H and O–H groups in total. The molecular formula is C16H24NO2+. The minimum Gasteiger partial charge on any atom is -0.454 e. The quantitative estimate of drug-likeness (QED) is 0.817. The summed E-state index contributed by atoms with van der Waals surface area (Å²) in [6.07, 6.45) is 0.883. The standard InChI is InChI=1S/C16H23NO2/c1-12-13(2)17(4)11-10-16(12,19-14(3)18)15-8-6-5-7-9-15/h5-9,12-13H,10-11H2,1-4H3/p+1/t12-,13-,16-/m1/s1. The SMILES string of the molecule is CC(=O)O[C@]1(c2ccccc2)CC[NH+](C)[C@H](C)[C@H]1C. The fourth-order valence-corrected chi connectivity index (χ4v) is 3.26. The van der Waals surface area contributed by atoms with E-state index in [1.807, 2.05) is 18.2 Å². The van der Waals surface area contributed by atoms with Crippen molar-refractivity contribution in [1.29, 1.82) is 0 Å². The average Bonchev–Trinajstić information content (AvgIpc) is 2.40. The zero-order valence-corrected chi connectivity index (χ0v) is 12.3. The minimum absolute atomic E-state index is 0.192. The van der Waals surface area contributed by atoms with Gasteiger partial charge in [0.15, 0.2) is 5.60 Å². The van der Waals surface area contributed by atoms with Gasteiger partial charge < -0.3 is 9.64 Å². The third kappa shape index (κ3) is 2.52. The topological polar surface area (TPSA) is 30.7 Å². The molecule has 1 saturated heterocycles. The van der Waals surface area contributed by atoms with Gasteiger partial charge in [-0.15, -0.1) is 0 Å². The second kappa shape index (κ2) is 5.33. The van der Waals surface area contributed by atoms with E-state index in [0.717, 1.165) is 18.5 Å². The molecule has 0 aromatic heterocycles. The first-order valence-corrected chi connectivity index (χ1v) is 7.05. The number of carbonyl (C=O) groups is 1. The Labute approximate surface area is 115 Å². The Morgan fingerprint density at radius 3 is 2.53 bits per heavy atom. The van der Waals surface area contributed by atoms with Crippen LogP contribution < -0.4 is 4.90 Å². The maximum Gasteiger partial charge on any atom is 0.303 e. The summed E-state index contributed by atoms with van der Waals surface area (Å²) in [5.41, 5.74) is 0.656. The number of hydrogen-bond acceptors (Lipinski definition) is 2. The van der Waals surface area contributed by atoms with Crippen LogP contribution in [0, 0.1) is 5.92 Å². The van der Waals surface area contributed by atoms with Crippen molar-refractivity contribution in [2.45, 2.75) is 38.8 Å². The molecule has 4 atom stereocenters. The number of ether oxygens (including phenoxy) is 1. The predicted molar refractivity (Wildman–Crippen MR) is 74.9 cm³/mol. The molecule has 0 saturated carbocycles. The lowest BCUT2D eigenvalue weighted by atomic mass is 9.73. The molecule has 3 heteroatoms. The number of nitrogens with one attached hydrogen (secondary N) is 1. The molecule has 19 heavy (non-hydrogen) atoms. The summed E-state index contributed by atoms with van der Waals surface area (Å²) in [7, 11) is 2.21. The molecule has 1 aliphatic heterocycles. The molecule has 1 unspecified atom stereocenters. The monoisotopic (exact) mass is 262 g/mol. The molecule has 0 bridgehead atoms. The Balaban J connectivity index is 2.43. The fraction of sp³-hybridized carbons (Fsp3) is 0.562. The second-order valence-electron chi connectivity index (χ2n) is 5.77. The summed E-state index contributed by atoms with van der Waals surface area (Å²) in [6, 6.07) is 10.7. The molecule has 0 aliphatic carbocycles. The Bertz CT molecular complexity index is 445. The molecule has 0 spiro atoms. The number of rotatable bonds is 2. The summed E-state index contributed by atoms with van der Waals surface area (Å²) in [6.45, 7) is 6.96. The lowest BCUT2D eigenvalue weighted by Gasteiger charge is -2.46. The molecule has 1 heterocycles. The summed E-state index contributed by atoms with van der Waals surface area (Å²) in [5.74, 6) is 0.106. The normalized spacial score (nSPS) is 34.8. The van der Waals surface area contributed by atoms with Crippen LogP contribution in [0.3, 0.4) is 0 Å². The minimum atomic E-state index is -0.466. The number of carbonyl (C=O) groups excluding carboxylic acids is 1. The van der Waals surface area contributed by atoms with E-state index >= 15 is 0 Å². The largest absolute Gasteiger partial charge is 0.454 e. The van der Waals surface area contributed by atoms with Crippen LogP contribution in [-0.2, 0) is 15.1 Å². The summed E-state index contributed by atoms with van der Waals surface area (Å²) in [5, 5.41) is 0. The highest BCUT2D eigenvalue weighted by Crippen LogP contribution is 2.39. The Morgan fingerprint density at radius 1 is 1.32 bits per heavy atom. The van der Waals surface area contributed by atoms with Crippen LogP contribution >= 0.6 is 0 Å². The fourth-order valence-electron chi connectivity index (χ4n) is 3.26. The van der Waals surface area contributed by atoms with E-state index in [9.17, 15) is 4.79 Å². The first-order chi connectivity index (χ1) is 8.97. The lowest BCUT2D eigenvalue weighted by molar-refractivity contribution is -0.917. The zero-order valence-electron chi connectivity index (χ0n) is 12.3. The maximum atomic E-state index is 11.6. The van der Waals surface area contributed by atoms with Crippen LogP contribution in [0.1, 0.15) is 32.8 Å². The second-order valence-corrected chi connectivity index (χ2v) is 5.77. The van der Waals surface area contributed by atoms with Crippen LogP contribution in [0.2, 0.25) is 0 Å². The highest BCUT2D eigenvalue weighted by Gasteiger charge is 2.49. The summed E-state index contributed by atoms with van der Waals surface area (Å²) >= 11 is 0. The van der Waals surface area contributed by atoms with Gasteiger partial charge in [-0.1, -0.05) is 37.3 Å². The van der Waals surface area contributed by atoms with E-state index in [2.05, 4.69) is 33.0 Å². The average molecular weight is 262 g/mol. The molecule has 2 rings (SSSR count). The summed E-state index contributed by atoms with van der Waals surface area (Å²) < 4.78 is 5.84. The first-order valence-electron chi connectivity index (χ1n) is 7.05. The maximum absolute atomic E-state index is 11.6. The molecule has 1 fully saturated rings. The molecule has 1 aliphatic rings. The van der Waals surface area contributed by atoms with Gasteiger partial charge >= 0.3 is 5.97 Å². The number of esters is 1. The third-order valence-electron chi connectivity index (χ3n) is 4.74. The predicted octanol–water partition coefficient (Wildman–Crippen LogP) is 1.39. The van der Waals surface area contributed by atoms with Gasteiger partial charge in [0.05, 0.1) is 25.6 Å². The number of hydrogen-bond donors (Lipinski definition) is 1. The van der Waals surface area contributed by atoms with Crippen molar-refractivity contribution >= 4 is 5.97 Å². The van der Waals surface area contributed by atoms with Crippen molar-refractivity contribution < 1.29 is 14.4 Å².